The third kappa shape index (κ3) is 5.22. The van der Waals surface area contributed by atoms with Gasteiger partial charge < -0.3 is 29.9 Å². The Morgan fingerprint density at radius 2 is 0.944 bits per heavy atom. The summed E-state index contributed by atoms with van der Waals surface area (Å²) in [5, 5.41) is 41.0. The zero-order valence-electron chi connectivity index (χ0n) is 19.4. The number of phenolic OH excluding ortho intramolecular Hbond substituents is 2. The molecule has 2 unspecified atom stereocenters. The number of benzene rings is 2. The third-order valence-electron chi connectivity index (χ3n) is 5.91. The van der Waals surface area contributed by atoms with Gasteiger partial charge in [-0.05, 0) is 35.4 Å². The molecule has 0 radical (unpaired) electrons. The molecular weight excluding hydrogens is 472 g/mol. The molecule has 0 saturated heterocycles. The minimum atomic E-state index is -1.19. The van der Waals surface area contributed by atoms with Crippen molar-refractivity contribution in [2.75, 3.05) is 14.2 Å². The van der Waals surface area contributed by atoms with Crippen molar-refractivity contribution in [3.05, 3.63) is 82.3 Å². The van der Waals surface area contributed by atoms with Crippen molar-refractivity contribution in [3.63, 3.8) is 0 Å². The summed E-state index contributed by atoms with van der Waals surface area (Å²) in [5.41, 5.74) is -0.469. The number of ketones is 2. The van der Waals surface area contributed by atoms with E-state index in [1.165, 1.54) is 48.5 Å². The van der Waals surface area contributed by atoms with Crippen molar-refractivity contribution in [1.82, 2.24) is 0 Å². The number of Topliss-reactive ketones (excluding diaryl/α,β-unsaturated/α-hetero) is 2. The molecule has 188 valence electrons. The highest BCUT2D eigenvalue weighted by Crippen LogP contribution is 2.41. The number of carbonyl (C=O) groups is 4. The maximum absolute atomic E-state index is 13.4. The van der Waals surface area contributed by atoms with Gasteiger partial charge >= 0.3 is 11.9 Å². The molecule has 3 rings (SSSR count). The second kappa shape index (κ2) is 10.8. The zero-order valence-corrected chi connectivity index (χ0v) is 19.4. The van der Waals surface area contributed by atoms with Gasteiger partial charge in [-0.25, -0.2) is 0 Å². The van der Waals surface area contributed by atoms with Crippen molar-refractivity contribution in [1.29, 1.82) is 0 Å². The van der Waals surface area contributed by atoms with Crippen LogP contribution < -0.4 is 0 Å². The number of esters is 2. The first-order valence-electron chi connectivity index (χ1n) is 10.8. The minimum Gasteiger partial charge on any atom is -0.508 e. The van der Waals surface area contributed by atoms with E-state index < -0.39 is 70.8 Å². The number of carbonyl (C=O) groups excluding carboxylic acids is 4. The van der Waals surface area contributed by atoms with Gasteiger partial charge in [0.25, 0.3) is 0 Å². The van der Waals surface area contributed by atoms with Crippen LogP contribution in [-0.4, -0.2) is 58.2 Å². The maximum atomic E-state index is 13.4. The first kappa shape index (κ1) is 26.0. The van der Waals surface area contributed by atoms with Gasteiger partial charge in [0.05, 0.1) is 38.2 Å². The molecular formula is C26H24O10. The Bertz CT molecular complexity index is 1150. The maximum Gasteiger partial charge on any atom is 0.306 e. The zero-order chi connectivity index (χ0) is 26.6. The van der Waals surface area contributed by atoms with Gasteiger partial charge in [-0.15, -0.1) is 0 Å². The van der Waals surface area contributed by atoms with Crippen molar-refractivity contribution < 1.29 is 49.1 Å². The number of aromatic hydroxyl groups is 2. The second-order valence-corrected chi connectivity index (χ2v) is 8.03. The first-order valence-corrected chi connectivity index (χ1v) is 10.8. The predicted octanol–water partition coefficient (Wildman–Crippen LogP) is 2.87. The van der Waals surface area contributed by atoms with Crippen LogP contribution in [-0.2, 0) is 28.7 Å². The number of allylic oxidation sites excluding steroid dienone is 2. The molecule has 4 N–H and O–H groups in total. The Morgan fingerprint density at radius 3 is 1.22 bits per heavy atom. The lowest BCUT2D eigenvalue weighted by Crippen LogP contribution is -2.31. The molecule has 2 aromatic carbocycles. The summed E-state index contributed by atoms with van der Waals surface area (Å²) in [6.45, 7) is 0. The van der Waals surface area contributed by atoms with Crippen molar-refractivity contribution in [2.24, 2.45) is 0 Å². The van der Waals surface area contributed by atoms with Gasteiger partial charge in [-0.1, -0.05) is 24.3 Å². The summed E-state index contributed by atoms with van der Waals surface area (Å²) in [7, 11) is 2.26. The highest BCUT2D eigenvalue weighted by molar-refractivity contribution is 6.24. The lowest BCUT2D eigenvalue weighted by Gasteiger charge is -2.27. The molecule has 0 aromatic heterocycles. The van der Waals surface area contributed by atoms with Crippen LogP contribution in [0, 0.1) is 0 Å². The van der Waals surface area contributed by atoms with Crippen LogP contribution in [0.15, 0.2) is 71.2 Å². The van der Waals surface area contributed by atoms with Gasteiger partial charge in [0, 0.05) is 11.8 Å². The van der Waals surface area contributed by atoms with E-state index in [0.717, 1.165) is 14.2 Å². The quantitative estimate of drug-likeness (QED) is 0.315. The third-order valence-corrected chi connectivity index (χ3v) is 5.91. The van der Waals surface area contributed by atoms with E-state index in [4.69, 9.17) is 0 Å². The Hall–Kier alpha value is -4.60. The van der Waals surface area contributed by atoms with Crippen LogP contribution >= 0.6 is 0 Å². The van der Waals surface area contributed by atoms with E-state index in [1.807, 2.05) is 0 Å². The summed E-state index contributed by atoms with van der Waals surface area (Å²) in [4.78, 5) is 50.9. The van der Waals surface area contributed by atoms with E-state index in [1.54, 1.807) is 0 Å². The number of ether oxygens (including phenoxy) is 2. The number of hydrogen-bond donors (Lipinski definition) is 4. The molecule has 0 spiro atoms. The molecule has 0 aliphatic heterocycles. The van der Waals surface area contributed by atoms with Crippen LogP contribution in [0.2, 0.25) is 0 Å². The molecule has 2 aromatic rings. The van der Waals surface area contributed by atoms with Crippen molar-refractivity contribution in [3.8, 4) is 11.5 Å². The highest BCUT2D eigenvalue weighted by Gasteiger charge is 2.43. The van der Waals surface area contributed by atoms with Gasteiger partial charge in [0.2, 0.25) is 11.6 Å². The van der Waals surface area contributed by atoms with Crippen LogP contribution in [0.25, 0.3) is 0 Å². The lowest BCUT2D eigenvalue weighted by molar-refractivity contribution is -0.142. The van der Waals surface area contributed by atoms with Crippen LogP contribution in [0.3, 0.4) is 0 Å². The van der Waals surface area contributed by atoms with E-state index in [-0.39, 0.29) is 11.5 Å². The average molecular weight is 496 g/mol. The largest absolute Gasteiger partial charge is 0.508 e. The summed E-state index contributed by atoms with van der Waals surface area (Å²) in [6.07, 6.45) is -0.905. The van der Waals surface area contributed by atoms with Gasteiger partial charge in [-0.3, -0.25) is 19.2 Å². The molecule has 36 heavy (non-hydrogen) atoms. The topological polar surface area (TPSA) is 168 Å². The monoisotopic (exact) mass is 496 g/mol. The standard InChI is InChI=1S/C26H24O10/c1-35-19(29)11-17(13-3-7-15(27)8-4-13)21-23(31)25(33)22(26(34)24(21)32)18(12-20(30)36-2)14-5-9-16(28)10-6-14/h3-10,17-18,27-28,31,34H,11-12H2,1-2H3. The summed E-state index contributed by atoms with van der Waals surface area (Å²) >= 11 is 0. The molecule has 2 atom stereocenters. The fourth-order valence-electron chi connectivity index (χ4n) is 4.05. The average Bonchev–Trinajstić information content (AvgIpc) is 2.87. The van der Waals surface area contributed by atoms with Gasteiger partial charge in [-0.2, -0.15) is 0 Å². The Balaban J connectivity index is 2.14. The Labute approximate surface area is 205 Å². The molecule has 1 aliphatic carbocycles. The Kier molecular flexibility index (Phi) is 7.78. The fourth-order valence-corrected chi connectivity index (χ4v) is 4.05. The van der Waals surface area contributed by atoms with Gasteiger partial charge in [0.1, 0.15) is 11.5 Å². The molecule has 0 bridgehead atoms. The van der Waals surface area contributed by atoms with Crippen molar-refractivity contribution >= 4 is 23.5 Å². The van der Waals surface area contributed by atoms with Crippen molar-refractivity contribution in [2.45, 2.75) is 24.7 Å². The SMILES string of the molecule is COC(=O)CC(C1=C(O)C(=O)C(C(CC(=O)OC)c2ccc(O)cc2)=C(O)C1=O)c1ccc(O)cc1. The number of hydrogen-bond acceptors (Lipinski definition) is 10. The van der Waals surface area contributed by atoms with E-state index in [9.17, 15) is 39.6 Å². The highest BCUT2D eigenvalue weighted by atomic mass is 16.5. The molecule has 0 saturated carbocycles. The lowest BCUT2D eigenvalue weighted by atomic mass is 9.76. The smallest absolute Gasteiger partial charge is 0.306 e. The van der Waals surface area contributed by atoms with E-state index >= 15 is 0 Å². The van der Waals surface area contributed by atoms with Crippen LogP contribution in [0.4, 0.5) is 0 Å². The number of methoxy groups -OCH3 is 2. The summed E-state index contributed by atoms with van der Waals surface area (Å²) in [5.74, 6) is -8.29. The van der Waals surface area contributed by atoms with Gasteiger partial charge in [0.15, 0.2) is 11.5 Å². The number of phenols is 2. The molecule has 10 nitrogen and oxygen atoms in total. The number of rotatable bonds is 8. The predicted molar refractivity (Wildman–Crippen MR) is 124 cm³/mol. The second-order valence-electron chi connectivity index (χ2n) is 8.03. The molecule has 0 heterocycles. The van der Waals surface area contributed by atoms with Crippen LogP contribution in [0.5, 0.6) is 11.5 Å². The molecule has 10 heteroatoms. The molecule has 0 fully saturated rings. The summed E-state index contributed by atoms with van der Waals surface area (Å²) in [6, 6.07) is 10.8. The normalized spacial score (nSPS) is 15.5. The fraction of sp³-hybridized carbons (Fsp3) is 0.231. The molecule has 0 amide bonds. The first-order chi connectivity index (χ1) is 17.1. The number of aliphatic hydroxyl groups excluding tert-OH is 2. The van der Waals surface area contributed by atoms with E-state index in [0.29, 0.717) is 11.1 Å². The number of aliphatic hydroxyl groups is 2. The summed E-state index contributed by atoms with van der Waals surface area (Å²) < 4.78 is 9.38. The Morgan fingerprint density at radius 1 is 0.639 bits per heavy atom. The van der Waals surface area contributed by atoms with E-state index in [2.05, 4.69) is 9.47 Å². The molecule has 1 aliphatic rings. The van der Waals surface area contributed by atoms with Crippen LogP contribution in [0.1, 0.15) is 35.8 Å². The minimum absolute atomic E-state index is 0.0932.